The van der Waals surface area contributed by atoms with E-state index in [0.29, 0.717) is 5.75 Å². The number of ether oxygens (including phenoxy) is 2. The zero-order valence-corrected chi connectivity index (χ0v) is 15.4. The first kappa shape index (κ1) is 18.7. The minimum absolute atomic E-state index is 0.107. The van der Waals surface area contributed by atoms with Crippen molar-refractivity contribution in [2.45, 2.75) is 25.7 Å². The highest BCUT2D eigenvalue weighted by molar-refractivity contribution is 6.13. The van der Waals surface area contributed by atoms with Crippen molar-refractivity contribution >= 4 is 11.7 Å². The van der Waals surface area contributed by atoms with Gasteiger partial charge in [-0.2, -0.15) is 10.5 Å². The van der Waals surface area contributed by atoms with Gasteiger partial charge in [0.1, 0.15) is 11.7 Å². The van der Waals surface area contributed by atoms with Crippen LogP contribution >= 0.6 is 0 Å². The Labute approximate surface area is 158 Å². The maximum absolute atomic E-state index is 13.0. The predicted molar refractivity (Wildman–Crippen MR) is 98.1 cm³/mol. The summed E-state index contributed by atoms with van der Waals surface area (Å²) >= 11 is 0. The summed E-state index contributed by atoms with van der Waals surface area (Å²) < 4.78 is 10.4. The molecule has 1 aromatic carbocycles. The molecule has 0 radical (unpaired) electrons. The standard InChI is InChI=1S/C21H21N3O3/c1-3-27-20(25)21(12-23)18(13-7-9-14(26-2)10-8-13)16-6-4-5-15(16)17(11-22)19(21)24/h5,7-10,16-18,24H,3-4,6H2,1-2H3/t16-,17+,18-,21-/m1/s1. The van der Waals surface area contributed by atoms with Crippen molar-refractivity contribution in [1.82, 2.24) is 0 Å². The van der Waals surface area contributed by atoms with Gasteiger partial charge < -0.3 is 14.9 Å². The third-order valence-electron chi connectivity index (χ3n) is 5.58. The van der Waals surface area contributed by atoms with Crippen LogP contribution in [0, 0.1) is 45.3 Å². The summed E-state index contributed by atoms with van der Waals surface area (Å²) in [5.41, 5.74) is -0.379. The van der Waals surface area contributed by atoms with Gasteiger partial charge in [-0.3, -0.25) is 0 Å². The van der Waals surface area contributed by atoms with E-state index in [1.54, 1.807) is 26.2 Å². The zero-order chi connectivity index (χ0) is 19.6. The van der Waals surface area contributed by atoms with Crippen LogP contribution in [0.15, 0.2) is 35.9 Å². The number of carbonyl (C=O) groups excluding carboxylic acids is 1. The second-order valence-electron chi connectivity index (χ2n) is 6.75. The van der Waals surface area contributed by atoms with Gasteiger partial charge in [0, 0.05) is 5.92 Å². The van der Waals surface area contributed by atoms with Crippen molar-refractivity contribution in [2.75, 3.05) is 13.7 Å². The highest BCUT2D eigenvalue weighted by atomic mass is 16.5. The van der Waals surface area contributed by atoms with E-state index in [1.165, 1.54) is 0 Å². The number of nitriles is 2. The van der Waals surface area contributed by atoms with Gasteiger partial charge in [0.25, 0.3) is 0 Å². The molecule has 2 aliphatic carbocycles. The summed E-state index contributed by atoms with van der Waals surface area (Å²) in [5.74, 6) is -1.67. The van der Waals surface area contributed by atoms with Crippen LogP contribution in [0.25, 0.3) is 0 Å². The van der Waals surface area contributed by atoms with Crippen LogP contribution in [0.4, 0.5) is 0 Å². The lowest BCUT2D eigenvalue weighted by atomic mass is 9.55. The quantitative estimate of drug-likeness (QED) is 0.652. The third kappa shape index (κ3) is 2.69. The number of methoxy groups -OCH3 is 1. The van der Waals surface area contributed by atoms with Crippen molar-refractivity contribution in [3.63, 3.8) is 0 Å². The SMILES string of the molecule is CCOC(=O)[C@@]1(C#N)C(=N)[C@@H](C#N)C2=CCC[C@H]2[C@H]1c1ccc(OC)cc1. The molecule has 4 atom stereocenters. The van der Waals surface area contributed by atoms with Crippen LogP contribution in [0.1, 0.15) is 31.2 Å². The molecule has 0 bridgehead atoms. The fraction of sp³-hybridized carbons (Fsp3) is 0.429. The highest BCUT2D eigenvalue weighted by Gasteiger charge is 2.62. The molecule has 3 rings (SSSR count). The Bertz CT molecular complexity index is 875. The topological polar surface area (TPSA) is 107 Å². The average molecular weight is 363 g/mol. The summed E-state index contributed by atoms with van der Waals surface area (Å²) in [6.07, 6.45) is 3.48. The summed E-state index contributed by atoms with van der Waals surface area (Å²) in [5, 5.41) is 28.5. The second kappa shape index (κ2) is 7.25. The van der Waals surface area contributed by atoms with Crippen LogP contribution in [0.5, 0.6) is 5.75 Å². The molecule has 0 heterocycles. The van der Waals surface area contributed by atoms with Crippen LogP contribution in [0.3, 0.4) is 0 Å². The van der Waals surface area contributed by atoms with Crippen molar-refractivity contribution in [3.05, 3.63) is 41.5 Å². The van der Waals surface area contributed by atoms with Gasteiger partial charge in [-0.25, -0.2) is 4.79 Å². The smallest absolute Gasteiger partial charge is 0.333 e. The van der Waals surface area contributed by atoms with E-state index in [0.717, 1.165) is 24.0 Å². The molecule has 0 aliphatic heterocycles. The fourth-order valence-corrected chi connectivity index (χ4v) is 4.39. The lowest BCUT2D eigenvalue weighted by molar-refractivity contribution is -0.150. The van der Waals surface area contributed by atoms with E-state index in [4.69, 9.17) is 14.9 Å². The Morgan fingerprint density at radius 1 is 1.33 bits per heavy atom. The van der Waals surface area contributed by atoms with E-state index < -0.39 is 23.2 Å². The molecule has 0 aromatic heterocycles. The van der Waals surface area contributed by atoms with Crippen molar-refractivity contribution in [2.24, 2.45) is 17.3 Å². The first-order valence-corrected chi connectivity index (χ1v) is 8.96. The number of rotatable bonds is 4. The van der Waals surface area contributed by atoms with Gasteiger partial charge in [0.05, 0.1) is 31.6 Å². The lowest BCUT2D eigenvalue weighted by Crippen LogP contribution is -2.53. The molecule has 1 saturated carbocycles. The summed E-state index contributed by atoms with van der Waals surface area (Å²) in [4.78, 5) is 13.0. The van der Waals surface area contributed by atoms with E-state index in [-0.39, 0.29) is 18.2 Å². The van der Waals surface area contributed by atoms with Gasteiger partial charge in [-0.05, 0) is 49.0 Å². The zero-order valence-electron chi connectivity index (χ0n) is 15.4. The molecule has 0 spiro atoms. The number of benzene rings is 1. The number of nitrogens with one attached hydrogen (secondary N) is 1. The average Bonchev–Trinajstić information content (AvgIpc) is 3.16. The van der Waals surface area contributed by atoms with E-state index in [2.05, 4.69) is 12.1 Å². The number of hydrogen-bond acceptors (Lipinski definition) is 6. The van der Waals surface area contributed by atoms with Crippen LogP contribution in [0.2, 0.25) is 0 Å². The fourth-order valence-electron chi connectivity index (χ4n) is 4.39. The third-order valence-corrected chi connectivity index (χ3v) is 5.58. The largest absolute Gasteiger partial charge is 0.497 e. The van der Waals surface area contributed by atoms with Gasteiger partial charge in [-0.1, -0.05) is 18.2 Å². The molecule has 6 heteroatoms. The van der Waals surface area contributed by atoms with Gasteiger partial charge >= 0.3 is 5.97 Å². The van der Waals surface area contributed by atoms with Crippen molar-refractivity contribution in [1.29, 1.82) is 15.9 Å². The maximum atomic E-state index is 13.0. The lowest BCUT2D eigenvalue weighted by Gasteiger charge is -2.44. The highest BCUT2D eigenvalue weighted by Crippen LogP contribution is 2.56. The summed E-state index contributed by atoms with van der Waals surface area (Å²) in [6, 6.07) is 11.4. The van der Waals surface area contributed by atoms with E-state index in [9.17, 15) is 15.3 Å². The molecule has 6 nitrogen and oxygen atoms in total. The van der Waals surface area contributed by atoms with Crippen LogP contribution in [-0.2, 0) is 9.53 Å². The molecular formula is C21H21N3O3. The number of carbonyl (C=O) groups is 1. The molecule has 0 saturated heterocycles. The minimum atomic E-state index is -1.81. The number of fused-ring (bicyclic) bond motifs is 1. The number of hydrogen-bond donors (Lipinski definition) is 1. The second-order valence-corrected chi connectivity index (χ2v) is 6.75. The Hall–Kier alpha value is -3.12. The Morgan fingerprint density at radius 3 is 2.59 bits per heavy atom. The Balaban J connectivity index is 2.22. The number of nitrogens with zero attached hydrogens (tertiary/aromatic N) is 2. The first-order valence-electron chi connectivity index (χ1n) is 8.96. The van der Waals surface area contributed by atoms with Crippen molar-refractivity contribution in [3.8, 4) is 17.9 Å². The maximum Gasteiger partial charge on any atom is 0.333 e. The molecule has 138 valence electrons. The Morgan fingerprint density at radius 2 is 2.04 bits per heavy atom. The van der Waals surface area contributed by atoms with Crippen molar-refractivity contribution < 1.29 is 14.3 Å². The normalized spacial score (nSPS) is 29.1. The van der Waals surface area contributed by atoms with E-state index in [1.807, 2.05) is 18.2 Å². The first-order chi connectivity index (χ1) is 13.0. The molecule has 1 N–H and O–H groups in total. The van der Waals surface area contributed by atoms with Gasteiger partial charge in [0.2, 0.25) is 5.41 Å². The monoisotopic (exact) mass is 363 g/mol. The molecule has 1 aromatic rings. The number of esters is 1. The predicted octanol–water partition coefficient (Wildman–Crippen LogP) is 3.36. The van der Waals surface area contributed by atoms with Crippen LogP contribution < -0.4 is 4.74 Å². The van der Waals surface area contributed by atoms with E-state index >= 15 is 0 Å². The van der Waals surface area contributed by atoms with Gasteiger partial charge in [0.15, 0.2) is 0 Å². The van der Waals surface area contributed by atoms with Gasteiger partial charge in [-0.15, -0.1) is 0 Å². The minimum Gasteiger partial charge on any atom is -0.497 e. The molecule has 27 heavy (non-hydrogen) atoms. The molecule has 0 unspecified atom stereocenters. The summed E-state index contributed by atoms with van der Waals surface area (Å²) in [7, 11) is 1.57. The van der Waals surface area contributed by atoms with Crippen LogP contribution in [-0.4, -0.2) is 25.4 Å². The Kier molecular flexibility index (Phi) is 5.01. The molecule has 1 fully saturated rings. The molecule has 2 aliphatic rings. The molecular weight excluding hydrogens is 342 g/mol. The molecule has 0 amide bonds. The number of allylic oxidation sites excluding steroid dienone is 2. The summed E-state index contributed by atoms with van der Waals surface area (Å²) in [6.45, 7) is 1.77.